The largest absolute Gasteiger partial charge is 0.508 e. The van der Waals surface area contributed by atoms with E-state index in [9.17, 15) is 9.90 Å². The van der Waals surface area contributed by atoms with Gasteiger partial charge in [0, 0.05) is 11.9 Å². The number of urea groups is 1. The average molecular weight is 338 g/mol. The molecule has 3 fully saturated rings. The van der Waals surface area contributed by atoms with Crippen molar-refractivity contribution in [2.24, 2.45) is 23.2 Å². The summed E-state index contributed by atoms with van der Waals surface area (Å²) in [4.78, 5) is 12.4. The fourth-order valence-electron chi connectivity index (χ4n) is 4.97. The number of fused-ring (bicyclic) bond motifs is 3. The lowest BCUT2D eigenvalue weighted by Gasteiger charge is -2.60. The van der Waals surface area contributed by atoms with E-state index < -0.39 is 0 Å². The maximum atomic E-state index is 12.4. The molecule has 3 unspecified atom stereocenters. The molecule has 3 saturated carbocycles. The predicted molar refractivity (Wildman–Crippen MR) is 101 cm³/mol. The highest BCUT2D eigenvalue weighted by molar-refractivity contribution is 6.02. The summed E-state index contributed by atoms with van der Waals surface area (Å²) in [5.74, 6) is 2.40. The topological polar surface area (TPSA) is 61.4 Å². The molecule has 5 rings (SSSR count). The number of carbonyl (C=O) groups excluding carboxylic acids is 1. The Labute approximate surface area is 148 Å². The number of phenolic OH excluding ortho intramolecular Hbond substituents is 1. The lowest BCUT2D eigenvalue weighted by Crippen LogP contribution is -2.54. The van der Waals surface area contributed by atoms with Gasteiger partial charge in [-0.3, -0.25) is 0 Å². The van der Waals surface area contributed by atoms with Gasteiger partial charge in [0.05, 0.1) is 5.69 Å². The van der Waals surface area contributed by atoms with E-state index in [4.69, 9.17) is 0 Å². The minimum atomic E-state index is -0.171. The first-order chi connectivity index (χ1) is 11.9. The van der Waals surface area contributed by atoms with Crippen LogP contribution in [-0.4, -0.2) is 17.7 Å². The molecule has 132 valence electrons. The van der Waals surface area contributed by atoms with Crippen LogP contribution in [0.5, 0.6) is 5.75 Å². The summed E-state index contributed by atoms with van der Waals surface area (Å²) in [7, 11) is 0. The SMILES string of the molecule is CC1(C)C2CCC(CNC(=O)Nc3cccc4ccc(O)cc34)C1C2. The Bertz CT molecular complexity index is 813. The second-order valence-corrected chi connectivity index (χ2v) is 8.24. The fraction of sp³-hybridized carbons (Fsp3) is 0.476. The molecule has 2 amide bonds. The number of hydrogen-bond donors (Lipinski definition) is 3. The first-order valence-electron chi connectivity index (χ1n) is 9.22. The first kappa shape index (κ1) is 16.2. The van der Waals surface area contributed by atoms with Gasteiger partial charge in [-0.15, -0.1) is 0 Å². The Hall–Kier alpha value is -2.23. The summed E-state index contributed by atoms with van der Waals surface area (Å²) in [6.07, 6.45) is 3.84. The quantitative estimate of drug-likeness (QED) is 0.757. The van der Waals surface area contributed by atoms with Crippen LogP contribution in [0.2, 0.25) is 0 Å². The Kier molecular flexibility index (Phi) is 3.86. The van der Waals surface area contributed by atoms with E-state index in [2.05, 4.69) is 24.5 Å². The van der Waals surface area contributed by atoms with Gasteiger partial charge in [-0.2, -0.15) is 0 Å². The second-order valence-electron chi connectivity index (χ2n) is 8.24. The van der Waals surface area contributed by atoms with E-state index in [0.717, 1.165) is 34.8 Å². The molecule has 3 atom stereocenters. The van der Waals surface area contributed by atoms with Gasteiger partial charge in [0.25, 0.3) is 0 Å². The van der Waals surface area contributed by atoms with Gasteiger partial charge in [0.1, 0.15) is 5.75 Å². The van der Waals surface area contributed by atoms with E-state index in [1.165, 1.54) is 19.3 Å². The highest BCUT2D eigenvalue weighted by Gasteiger charge is 2.53. The van der Waals surface area contributed by atoms with E-state index in [1.54, 1.807) is 12.1 Å². The monoisotopic (exact) mass is 338 g/mol. The van der Waals surface area contributed by atoms with Crippen LogP contribution in [0.3, 0.4) is 0 Å². The highest BCUT2D eigenvalue weighted by Crippen LogP contribution is 2.61. The lowest BCUT2D eigenvalue weighted by molar-refractivity contribution is -0.103. The molecule has 4 nitrogen and oxygen atoms in total. The van der Waals surface area contributed by atoms with Crippen LogP contribution in [0.25, 0.3) is 10.8 Å². The maximum absolute atomic E-state index is 12.4. The van der Waals surface area contributed by atoms with E-state index in [1.807, 2.05) is 24.3 Å². The van der Waals surface area contributed by atoms with Crippen molar-refractivity contribution in [3.63, 3.8) is 0 Å². The van der Waals surface area contributed by atoms with Gasteiger partial charge >= 0.3 is 6.03 Å². The van der Waals surface area contributed by atoms with Crippen molar-refractivity contribution in [2.75, 3.05) is 11.9 Å². The molecule has 2 aromatic rings. The van der Waals surface area contributed by atoms with Crippen molar-refractivity contribution in [1.82, 2.24) is 5.32 Å². The molecule has 3 N–H and O–H groups in total. The molecular weight excluding hydrogens is 312 g/mol. The standard InChI is InChI=1S/C21H26N2O2/c1-21(2)15-8-6-14(18(21)10-15)12-22-20(25)23-19-5-3-4-13-7-9-16(24)11-17(13)19/h3-5,7,9,11,14-15,18,24H,6,8,10,12H2,1-2H3,(H2,22,23,25). The van der Waals surface area contributed by atoms with Crippen molar-refractivity contribution in [3.05, 3.63) is 36.4 Å². The van der Waals surface area contributed by atoms with Crippen molar-refractivity contribution >= 4 is 22.5 Å². The molecule has 4 heteroatoms. The van der Waals surface area contributed by atoms with Crippen molar-refractivity contribution in [2.45, 2.75) is 33.1 Å². The third-order valence-corrected chi connectivity index (χ3v) is 6.64. The molecule has 3 aliphatic carbocycles. The van der Waals surface area contributed by atoms with Gasteiger partial charge in [-0.25, -0.2) is 4.79 Å². The van der Waals surface area contributed by atoms with Gasteiger partial charge in [-0.1, -0.05) is 32.0 Å². The number of amides is 2. The third-order valence-electron chi connectivity index (χ3n) is 6.64. The molecule has 0 aliphatic heterocycles. The summed E-state index contributed by atoms with van der Waals surface area (Å²) >= 11 is 0. The molecule has 0 saturated heterocycles. The Morgan fingerprint density at radius 3 is 2.84 bits per heavy atom. The summed E-state index contributed by atoms with van der Waals surface area (Å²) in [6, 6.07) is 10.8. The van der Waals surface area contributed by atoms with Crippen LogP contribution in [0.1, 0.15) is 33.1 Å². The number of nitrogens with one attached hydrogen (secondary N) is 2. The van der Waals surface area contributed by atoms with Crippen molar-refractivity contribution < 1.29 is 9.90 Å². The number of aromatic hydroxyl groups is 1. The van der Waals surface area contributed by atoms with Crippen LogP contribution < -0.4 is 10.6 Å². The Morgan fingerprint density at radius 2 is 2.08 bits per heavy atom. The Balaban J connectivity index is 1.41. The zero-order valence-electron chi connectivity index (χ0n) is 14.9. The second kappa shape index (κ2) is 5.94. The summed E-state index contributed by atoms with van der Waals surface area (Å²) < 4.78 is 0. The molecule has 0 spiro atoms. The van der Waals surface area contributed by atoms with E-state index in [0.29, 0.717) is 11.3 Å². The summed E-state index contributed by atoms with van der Waals surface area (Å²) in [6.45, 7) is 5.49. The van der Waals surface area contributed by atoms with Crippen LogP contribution in [0.15, 0.2) is 36.4 Å². The molecule has 25 heavy (non-hydrogen) atoms. The van der Waals surface area contributed by atoms with Crippen LogP contribution >= 0.6 is 0 Å². The molecule has 0 radical (unpaired) electrons. The number of rotatable bonds is 3. The predicted octanol–water partition coefficient (Wildman–Crippen LogP) is 4.74. The van der Waals surface area contributed by atoms with Gasteiger partial charge in [0.2, 0.25) is 0 Å². The minimum absolute atomic E-state index is 0.171. The zero-order chi connectivity index (χ0) is 17.6. The zero-order valence-corrected chi connectivity index (χ0v) is 14.9. The van der Waals surface area contributed by atoms with Crippen LogP contribution in [0, 0.1) is 23.2 Å². The van der Waals surface area contributed by atoms with Crippen LogP contribution in [0.4, 0.5) is 10.5 Å². The van der Waals surface area contributed by atoms with Gasteiger partial charge in [0.15, 0.2) is 0 Å². The molecular formula is C21H26N2O2. The number of hydrogen-bond acceptors (Lipinski definition) is 2. The molecule has 2 aromatic carbocycles. The van der Waals surface area contributed by atoms with Crippen LogP contribution in [-0.2, 0) is 0 Å². The molecule has 0 aromatic heterocycles. The smallest absolute Gasteiger partial charge is 0.319 e. The summed E-state index contributed by atoms with van der Waals surface area (Å²) in [5, 5.41) is 17.6. The first-order valence-corrected chi connectivity index (χ1v) is 9.22. The lowest BCUT2D eigenvalue weighted by atomic mass is 9.45. The van der Waals surface area contributed by atoms with Crippen molar-refractivity contribution in [3.8, 4) is 5.75 Å². The van der Waals surface area contributed by atoms with Gasteiger partial charge in [-0.05, 0) is 66.0 Å². The molecule has 3 aliphatic rings. The average Bonchev–Trinajstić information content (AvgIpc) is 2.60. The molecule has 2 bridgehead atoms. The normalized spacial score (nSPS) is 26.7. The number of benzene rings is 2. The third kappa shape index (κ3) is 2.84. The van der Waals surface area contributed by atoms with Gasteiger partial charge < -0.3 is 15.7 Å². The van der Waals surface area contributed by atoms with E-state index >= 15 is 0 Å². The summed E-state index contributed by atoms with van der Waals surface area (Å²) in [5.41, 5.74) is 1.16. The highest BCUT2D eigenvalue weighted by atomic mass is 16.3. The number of anilines is 1. The van der Waals surface area contributed by atoms with E-state index in [-0.39, 0.29) is 11.8 Å². The fourth-order valence-corrected chi connectivity index (χ4v) is 4.97. The minimum Gasteiger partial charge on any atom is -0.508 e. The molecule has 0 heterocycles. The maximum Gasteiger partial charge on any atom is 0.319 e. The number of phenols is 1. The van der Waals surface area contributed by atoms with Crippen molar-refractivity contribution in [1.29, 1.82) is 0 Å². The Morgan fingerprint density at radius 1 is 1.24 bits per heavy atom. The number of carbonyl (C=O) groups is 1.